The monoisotopic (exact) mass is 362 g/mol. The van der Waals surface area contributed by atoms with E-state index in [9.17, 15) is 19.5 Å². The van der Waals surface area contributed by atoms with Gasteiger partial charge in [-0.3, -0.25) is 14.4 Å². The van der Waals surface area contributed by atoms with Crippen LogP contribution in [0.15, 0.2) is 0 Å². The summed E-state index contributed by atoms with van der Waals surface area (Å²) in [7, 11) is 0. The van der Waals surface area contributed by atoms with Gasteiger partial charge in [-0.15, -0.1) is 0 Å². The smallest absolute Gasteiger partial charge is 0.320 e. The number of ether oxygens (including phenoxy) is 2. The Balaban J connectivity index is 1.70. The molecule has 26 heavy (non-hydrogen) atoms. The molecular formula is C20H26O6. The number of hydrogen-bond acceptors (Lipinski definition) is 6. The van der Waals surface area contributed by atoms with Crippen LogP contribution in [-0.2, 0) is 23.9 Å². The minimum Gasteiger partial charge on any atom is -0.464 e. The highest BCUT2D eigenvalue weighted by molar-refractivity contribution is 6.11. The molecule has 0 unspecified atom stereocenters. The normalized spacial score (nSPS) is 54.4. The number of Topliss-reactive ketones (excluding diaryl/α,β-unsaturated/α-hetero) is 2. The quantitative estimate of drug-likeness (QED) is 0.516. The maximum atomic E-state index is 13.4. The average Bonchev–Trinajstić information content (AvgIpc) is 2.87. The molecule has 4 bridgehead atoms. The molecule has 2 heterocycles. The van der Waals surface area contributed by atoms with E-state index in [1.165, 1.54) is 6.92 Å². The zero-order chi connectivity index (χ0) is 18.7. The highest BCUT2D eigenvalue weighted by atomic mass is 16.5. The molecule has 0 aromatic rings. The van der Waals surface area contributed by atoms with Crippen molar-refractivity contribution in [2.75, 3.05) is 13.2 Å². The second-order valence-corrected chi connectivity index (χ2v) is 9.92. The summed E-state index contributed by atoms with van der Waals surface area (Å²) in [5.41, 5.74) is -3.97. The van der Waals surface area contributed by atoms with Crippen LogP contribution in [0.2, 0.25) is 0 Å². The van der Waals surface area contributed by atoms with E-state index in [-0.39, 0.29) is 35.7 Å². The number of hydrogen-bond donors (Lipinski definition) is 1. The van der Waals surface area contributed by atoms with E-state index in [1.54, 1.807) is 0 Å². The van der Waals surface area contributed by atoms with Gasteiger partial charge in [0.05, 0.1) is 18.1 Å². The maximum Gasteiger partial charge on any atom is 0.320 e. The van der Waals surface area contributed by atoms with Crippen molar-refractivity contribution in [2.45, 2.75) is 58.2 Å². The lowest BCUT2D eigenvalue weighted by Gasteiger charge is -2.58. The second kappa shape index (κ2) is 4.58. The number of carbonyl (C=O) groups excluding carboxylic acids is 3. The minimum absolute atomic E-state index is 0.0430. The van der Waals surface area contributed by atoms with Crippen molar-refractivity contribution in [3.8, 4) is 0 Å². The Morgan fingerprint density at radius 3 is 2.54 bits per heavy atom. The first-order valence-corrected chi connectivity index (χ1v) is 9.69. The standard InChI is InChI=1S/C20H26O6/c1-17(2)12-8-25-14(17)6-13(21)20(12)9-26-16(23)19-7-10(4-5-11(19)20)18(3,24)15(19)22/h10-12,14,24H,4-9H2,1-3H3/t10-,11-,12-,14-,18-,19-,20+/m1/s1. The van der Waals surface area contributed by atoms with E-state index in [4.69, 9.17) is 9.47 Å². The van der Waals surface area contributed by atoms with Crippen LogP contribution in [0.1, 0.15) is 46.5 Å². The topological polar surface area (TPSA) is 89.9 Å². The zero-order valence-corrected chi connectivity index (χ0v) is 15.5. The third-order valence-corrected chi connectivity index (χ3v) is 8.76. The minimum atomic E-state index is -1.52. The van der Waals surface area contributed by atoms with Gasteiger partial charge in [0.25, 0.3) is 0 Å². The first-order chi connectivity index (χ1) is 12.1. The van der Waals surface area contributed by atoms with Crippen LogP contribution in [0.3, 0.4) is 0 Å². The van der Waals surface area contributed by atoms with E-state index < -0.39 is 34.1 Å². The zero-order valence-electron chi connectivity index (χ0n) is 15.5. The van der Waals surface area contributed by atoms with Crippen LogP contribution in [0.25, 0.3) is 0 Å². The largest absolute Gasteiger partial charge is 0.464 e. The van der Waals surface area contributed by atoms with E-state index in [1.807, 2.05) is 0 Å². The summed E-state index contributed by atoms with van der Waals surface area (Å²) in [6.07, 6.45) is 1.75. The molecule has 0 radical (unpaired) electrons. The van der Waals surface area contributed by atoms with Crippen molar-refractivity contribution in [2.24, 2.45) is 34.0 Å². The van der Waals surface area contributed by atoms with Crippen molar-refractivity contribution in [1.82, 2.24) is 0 Å². The SMILES string of the molecule is CC1(C)[C@H]2CO[C@@H]1CC(=O)[C@]21COC(=O)[C@]23C[C@@H](CC[C@H]21)[C@@](C)(O)C3=O. The number of cyclic esters (lactones) is 1. The molecule has 142 valence electrons. The average molecular weight is 362 g/mol. The Morgan fingerprint density at radius 2 is 1.81 bits per heavy atom. The number of rotatable bonds is 0. The molecule has 2 saturated heterocycles. The molecule has 6 nitrogen and oxygen atoms in total. The molecule has 7 atom stereocenters. The fourth-order valence-electron chi connectivity index (χ4n) is 7.22. The predicted molar refractivity (Wildman–Crippen MR) is 88.9 cm³/mol. The Morgan fingerprint density at radius 1 is 1.08 bits per heavy atom. The van der Waals surface area contributed by atoms with E-state index in [2.05, 4.69) is 13.8 Å². The maximum absolute atomic E-state index is 13.4. The molecule has 6 heteroatoms. The van der Waals surface area contributed by atoms with Gasteiger partial charge in [-0.25, -0.2) is 0 Å². The lowest BCUT2D eigenvalue weighted by Crippen LogP contribution is -2.67. The summed E-state index contributed by atoms with van der Waals surface area (Å²) in [5.74, 6) is -1.62. The highest BCUT2D eigenvalue weighted by Gasteiger charge is 2.78. The van der Waals surface area contributed by atoms with Crippen LogP contribution in [0, 0.1) is 34.0 Å². The van der Waals surface area contributed by atoms with Gasteiger partial charge in [0.2, 0.25) is 0 Å². The van der Waals surface area contributed by atoms with Gasteiger partial charge < -0.3 is 14.6 Å². The van der Waals surface area contributed by atoms with E-state index >= 15 is 0 Å². The molecule has 5 aliphatic rings. The molecule has 3 saturated carbocycles. The van der Waals surface area contributed by atoms with Gasteiger partial charge in [-0.2, -0.15) is 0 Å². The van der Waals surface area contributed by atoms with Gasteiger partial charge in [0.1, 0.15) is 23.4 Å². The Kier molecular flexibility index (Phi) is 2.97. The Hall–Kier alpha value is -1.27. The Bertz CT molecular complexity index is 739. The number of fused-ring (bicyclic) bond motifs is 5. The molecule has 0 aromatic carbocycles. The van der Waals surface area contributed by atoms with E-state index in [0.717, 1.165) is 0 Å². The number of aliphatic hydroxyl groups is 1. The van der Waals surface area contributed by atoms with Crippen molar-refractivity contribution < 1.29 is 29.0 Å². The highest BCUT2D eigenvalue weighted by Crippen LogP contribution is 2.69. The van der Waals surface area contributed by atoms with Gasteiger partial charge in [0, 0.05) is 12.3 Å². The molecule has 5 rings (SSSR count). The first kappa shape index (κ1) is 16.9. The summed E-state index contributed by atoms with van der Waals surface area (Å²) in [6, 6.07) is 0. The third kappa shape index (κ3) is 1.53. The van der Waals surface area contributed by atoms with Crippen molar-refractivity contribution in [3.63, 3.8) is 0 Å². The summed E-state index contributed by atoms with van der Waals surface area (Å²) >= 11 is 0. The molecule has 0 aromatic heterocycles. The lowest BCUT2D eigenvalue weighted by atomic mass is 9.44. The van der Waals surface area contributed by atoms with Gasteiger partial charge >= 0.3 is 5.97 Å². The van der Waals surface area contributed by atoms with Crippen molar-refractivity contribution >= 4 is 17.5 Å². The Labute approximate surface area is 152 Å². The summed E-state index contributed by atoms with van der Waals surface area (Å²) in [5, 5.41) is 10.8. The van der Waals surface area contributed by atoms with Crippen molar-refractivity contribution in [1.29, 1.82) is 0 Å². The van der Waals surface area contributed by atoms with Gasteiger partial charge in [0.15, 0.2) is 5.78 Å². The molecule has 5 fully saturated rings. The van der Waals surface area contributed by atoms with Crippen LogP contribution >= 0.6 is 0 Å². The van der Waals surface area contributed by atoms with Crippen LogP contribution in [0.5, 0.6) is 0 Å². The van der Waals surface area contributed by atoms with Crippen LogP contribution in [-0.4, -0.2) is 47.6 Å². The van der Waals surface area contributed by atoms with Crippen LogP contribution < -0.4 is 0 Å². The molecule has 1 N–H and O–H groups in total. The fourth-order valence-corrected chi connectivity index (χ4v) is 7.22. The molecule has 0 amide bonds. The molecule has 2 spiro atoms. The second-order valence-electron chi connectivity index (χ2n) is 9.92. The third-order valence-electron chi connectivity index (χ3n) is 8.76. The van der Waals surface area contributed by atoms with Gasteiger partial charge in [-0.05, 0) is 43.4 Å². The molecular weight excluding hydrogens is 336 g/mol. The fraction of sp³-hybridized carbons (Fsp3) is 0.850. The predicted octanol–water partition coefficient (Wildman–Crippen LogP) is 1.28. The van der Waals surface area contributed by atoms with Crippen LogP contribution in [0.4, 0.5) is 0 Å². The number of esters is 1. The van der Waals surface area contributed by atoms with E-state index in [0.29, 0.717) is 32.3 Å². The summed E-state index contributed by atoms with van der Waals surface area (Å²) in [6.45, 7) is 6.26. The molecule has 3 aliphatic carbocycles. The lowest BCUT2D eigenvalue weighted by molar-refractivity contribution is -0.206. The first-order valence-electron chi connectivity index (χ1n) is 9.69. The summed E-state index contributed by atoms with van der Waals surface area (Å²) in [4.78, 5) is 39.6. The van der Waals surface area contributed by atoms with Gasteiger partial charge in [-0.1, -0.05) is 13.8 Å². The van der Waals surface area contributed by atoms with Crippen molar-refractivity contribution in [3.05, 3.63) is 0 Å². The summed E-state index contributed by atoms with van der Waals surface area (Å²) < 4.78 is 11.5. The molecule has 2 aliphatic heterocycles. The number of carbonyl (C=O) groups is 3. The number of ketones is 2.